The molecule has 5 nitrogen and oxygen atoms in total. The number of fused-ring (bicyclic) bond motifs is 1. The maximum absolute atomic E-state index is 12.0. The molecule has 0 aliphatic rings. The molecule has 2 aromatic carbocycles. The van der Waals surface area contributed by atoms with Crippen LogP contribution in [0.4, 0.5) is 0 Å². The highest BCUT2D eigenvalue weighted by molar-refractivity contribution is 5.86. The average Bonchev–Trinajstić information content (AvgIpc) is 2.62. The Bertz CT molecular complexity index is 642. The zero-order valence-electron chi connectivity index (χ0n) is 13.8. The number of hydrogen-bond donors (Lipinski definition) is 1. The summed E-state index contributed by atoms with van der Waals surface area (Å²) in [6.07, 6.45) is 1.94. The van der Waals surface area contributed by atoms with E-state index >= 15 is 0 Å². The molecule has 1 N–H and O–H groups in total. The van der Waals surface area contributed by atoms with Gasteiger partial charge in [0.15, 0.2) is 0 Å². The third-order valence-corrected chi connectivity index (χ3v) is 3.67. The van der Waals surface area contributed by atoms with Crippen LogP contribution in [0.25, 0.3) is 10.8 Å². The van der Waals surface area contributed by atoms with Gasteiger partial charge >= 0.3 is 5.97 Å². The lowest BCUT2D eigenvalue weighted by molar-refractivity contribution is -0.145. The van der Waals surface area contributed by atoms with E-state index in [0.717, 1.165) is 34.9 Å². The second-order valence-electron chi connectivity index (χ2n) is 5.22. The fourth-order valence-electron chi connectivity index (χ4n) is 2.22. The zero-order chi connectivity index (χ0) is 17.2. The first-order valence-electron chi connectivity index (χ1n) is 7.60. The molecule has 0 heterocycles. The number of rotatable bonds is 6. The number of benzene rings is 2. The Labute approximate surface area is 136 Å². The highest BCUT2D eigenvalue weighted by Crippen LogP contribution is 2.25. The highest BCUT2D eigenvalue weighted by Gasteiger charge is 2.16. The van der Waals surface area contributed by atoms with E-state index in [4.69, 9.17) is 14.4 Å². The molecule has 0 saturated carbocycles. The van der Waals surface area contributed by atoms with Gasteiger partial charge in [-0.1, -0.05) is 43.2 Å². The standard InChI is InChI=1S/C18H22O3.HNO/c1-4-5-10-21-18(19)13(2)14-6-7-16-12-17(20-3)9-8-15(16)11-14;1-2/h6-9,11-13H,4-5,10H2,1-3H3;1H/t13-;/m0./s1. The van der Waals surface area contributed by atoms with Gasteiger partial charge in [-0.15, -0.1) is 0 Å². The molecule has 5 heteroatoms. The molecule has 0 fully saturated rings. The number of nitroso groups, excluding NO2 is 1. The van der Waals surface area contributed by atoms with Gasteiger partial charge in [0.05, 0.1) is 19.6 Å². The molecular formula is C18H23NO4. The third kappa shape index (κ3) is 5.06. The minimum Gasteiger partial charge on any atom is -0.497 e. The number of nitrogens with one attached hydrogen (secondary N) is 1. The summed E-state index contributed by atoms with van der Waals surface area (Å²) in [6, 6.07) is 12.0. The van der Waals surface area contributed by atoms with E-state index in [2.05, 4.69) is 12.5 Å². The average molecular weight is 317 g/mol. The molecule has 124 valence electrons. The van der Waals surface area contributed by atoms with Gasteiger partial charge in [-0.25, -0.2) is 0 Å². The summed E-state index contributed by atoms with van der Waals surface area (Å²) in [6.45, 7) is 4.47. The Balaban J connectivity index is 0.00000127. The number of esters is 1. The van der Waals surface area contributed by atoms with Gasteiger partial charge in [-0.05, 0) is 41.8 Å². The lowest BCUT2D eigenvalue weighted by atomic mass is 9.98. The summed E-state index contributed by atoms with van der Waals surface area (Å²) in [5.41, 5.74) is 5.48. The van der Waals surface area contributed by atoms with Crippen LogP contribution in [0.5, 0.6) is 5.75 Å². The number of carbonyl (C=O) groups is 1. The van der Waals surface area contributed by atoms with Crippen molar-refractivity contribution in [2.45, 2.75) is 32.6 Å². The predicted octanol–water partition coefficient (Wildman–Crippen LogP) is 4.63. The minimum atomic E-state index is -0.242. The first-order chi connectivity index (χ1) is 11.2. The molecule has 0 amide bonds. The number of ether oxygens (including phenoxy) is 2. The topological polar surface area (TPSA) is 76.5 Å². The normalized spacial score (nSPS) is 11.3. The second kappa shape index (κ2) is 9.56. The van der Waals surface area contributed by atoms with Crippen LogP contribution in [-0.2, 0) is 9.53 Å². The van der Waals surface area contributed by atoms with Gasteiger partial charge in [0.2, 0.25) is 0 Å². The molecule has 0 spiro atoms. The smallest absolute Gasteiger partial charge is 0.313 e. The molecule has 2 rings (SSSR count). The summed E-state index contributed by atoms with van der Waals surface area (Å²) in [5, 5.41) is 2.20. The van der Waals surface area contributed by atoms with E-state index in [1.165, 1.54) is 0 Å². The summed E-state index contributed by atoms with van der Waals surface area (Å²) >= 11 is 0. The van der Waals surface area contributed by atoms with Crippen molar-refractivity contribution in [3.8, 4) is 5.75 Å². The predicted molar refractivity (Wildman–Crippen MR) is 90.9 cm³/mol. The minimum absolute atomic E-state index is 0.156. The summed E-state index contributed by atoms with van der Waals surface area (Å²) in [4.78, 5) is 19.5. The second-order valence-corrected chi connectivity index (χ2v) is 5.22. The van der Waals surface area contributed by atoms with E-state index in [0.29, 0.717) is 6.61 Å². The van der Waals surface area contributed by atoms with Crippen LogP contribution in [0.15, 0.2) is 36.4 Å². The van der Waals surface area contributed by atoms with E-state index in [9.17, 15) is 4.79 Å². The fourth-order valence-corrected chi connectivity index (χ4v) is 2.22. The first kappa shape index (κ1) is 18.6. The third-order valence-electron chi connectivity index (χ3n) is 3.67. The molecule has 0 aliphatic carbocycles. The molecule has 1 atom stereocenters. The summed E-state index contributed by atoms with van der Waals surface area (Å²) < 4.78 is 10.5. The first-order valence-corrected chi connectivity index (χ1v) is 7.60. The number of hydrogen-bond acceptors (Lipinski definition) is 5. The quantitative estimate of drug-likeness (QED) is 0.479. The maximum atomic E-state index is 12.0. The van der Waals surface area contributed by atoms with Gasteiger partial charge in [-0.2, -0.15) is 4.91 Å². The van der Waals surface area contributed by atoms with Crippen molar-refractivity contribution < 1.29 is 14.3 Å². The largest absolute Gasteiger partial charge is 0.497 e. The van der Waals surface area contributed by atoms with Gasteiger partial charge in [0, 0.05) is 0 Å². The SMILES string of the molecule is CCCCOC(=O)[C@@H](C)c1ccc2cc(OC)ccc2c1.N=O. The monoisotopic (exact) mass is 317 g/mol. The Hall–Kier alpha value is -2.43. The molecule has 0 aromatic heterocycles. The Morgan fingerprint density at radius 2 is 1.78 bits per heavy atom. The van der Waals surface area contributed by atoms with Crippen LogP contribution in [0, 0.1) is 10.5 Å². The van der Waals surface area contributed by atoms with E-state index < -0.39 is 0 Å². The van der Waals surface area contributed by atoms with Crippen molar-refractivity contribution in [1.82, 2.24) is 0 Å². The molecular weight excluding hydrogens is 294 g/mol. The molecule has 0 bridgehead atoms. The lowest BCUT2D eigenvalue weighted by Crippen LogP contribution is -2.13. The van der Waals surface area contributed by atoms with Crippen LogP contribution in [0.1, 0.15) is 38.2 Å². The molecule has 0 aliphatic heterocycles. The number of carbonyl (C=O) groups excluding carboxylic acids is 1. The summed E-state index contributed by atoms with van der Waals surface area (Å²) in [7, 11) is 1.66. The van der Waals surface area contributed by atoms with Crippen molar-refractivity contribution >= 4 is 16.7 Å². The van der Waals surface area contributed by atoms with Gasteiger partial charge in [0.25, 0.3) is 0 Å². The van der Waals surface area contributed by atoms with Crippen LogP contribution >= 0.6 is 0 Å². The van der Waals surface area contributed by atoms with Crippen LogP contribution < -0.4 is 4.74 Å². The lowest BCUT2D eigenvalue weighted by Gasteiger charge is -2.12. The van der Waals surface area contributed by atoms with Gasteiger partial charge in [0.1, 0.15) is 5.75 Å². The van der Waals surface area contributed by atoms with E-state index in [1.807, 2.05) is 43.3 Å². The Morgan fingerprint density at radius 1 is 1.13 bits per heavy atom. The Kier molecular flexibility index (Phi) is 7.74. The van der Waals surface area contributed by atoms with Crippen molar-refractivity contribution in [3.63, 3.8) is 0 Å². The van der Waals surface area contributed by atoms with Crippen molar-refractivity contribution in [2.75, 3.05) is 13.7 Å². The number of methoxy groups -OCH3 is 1. The Morgan fingerprint density at radius 3 is 2.43 bits per heavy atom. The van der Waals surface area contributed by atoms with Crippen LogP contribution in [-0.4, -0.2) is 19.7 Å². The molecule has 0 unspecified atom stereocenters. The van der Waals surface area contributed by atoms with Gasteiger partial charge < -0.3 is 9.47 Å². The zero-order valence-corrected chi connectivity index (χ0v) is 13.8. The molecule has 23 heavy (non-hydrogen) atoms. The number of unbranched alkanes of at least 4 members (excludes halogenated alkanes) is 1. The van der Waals surface area contributed by atoms with Crippen molar-refractivity contribution in [2.24, 2.45) is 0 Å². The molecule has 0 radical (unpaired) electrons. The van der Waals surface area contributed by atoms with Crippen LogP contribution in [0.3, 0.4) is 0 Å². The van der Waals surface area contributed by atoms with E-state index in [1.54, 1.807) is 7.11 Å². The maximum Gasteiger partial charge on any atom is 0.313 e. The van der Waals surface area contributed by atoms with Crippen molar-refractivity contribution in [3.05, 3.63) is 46.9 Å². The van der Waals surface area contributed by atoms with Gasteiger partial charge in [-0.3, -0.25) is 4.79 Å². The van der Waals surface area contributed by atoms with E-state index in [-0.39, 0.29) is 11.9 Å². The highest BCUT2D eigenvalue weighted by atomic mass is 16.5. The molecule has 2 aromatic rings. The van der Waals surface area contributed by atoms with Crippen LogP contribution in [0.2, 0.25) is 0 Å². The molecule has 0 saturated heterocycles. The summed E-state index contributed by atoms with van der Waals surface area (Å²) in [5.74, 6) is 0.437. The fraction of sp³-hybridized carbons (Fsp3) is 0.389. The van der Waals surface area contributed by atoms with Crippen molar-refractivity contribution in [1.29, 1.82) is 5.59 Å².